The Bertz CT molecular complexity index is 941. The first-order valence-electron chi connectivity index (χ1n) is 7.97. The van der Waals surface area contributed by atoms with Crippen LogP contribution in [0.25, 0.3) is 10.5 Å². The monoisotopic (exact) mass is 404 g/mol. The number of aliphatic hydroxyl groups excluding tert-OH is 1. The van der Waals surface area contributed by atoms with E-state index in [-0.39, 0.29) is 0 Å². The minimum absolute atomic E-state index is 0.409. The minimum atomic E-state index is -4.66. The van der Waals surface area contributed by atoms with E-state index < -0.39 is 21.0 Å². The second-order valence-corrected chi connectivity index (χ2v) is 8.40. The van der Waals surface area contributed by atoms with Crippen LogP contribution in [0.5, 0.6) is 0 Å². The van der Waals surface area contributed by atoms with Crippen LogP contribution in [0.4, 0.5) is 0 Å². The third-order valence-corrected chi connectivity index (χ3v) is 6.57. The zero-order chi connectivity index (χ0) is 19.4. The van der Waals surface area contributed by atoms with Gasteiger partial charge in [-0.25, -0.2) is 0 Å². The number of hydrogen-bond acceptors (Lipinski definition) is 5. The van der Waals surface area contributed by atoms with Gasteiger partial charge in [0.2, 0.25) is 0 Å². The molecule has 0 aromatic heterocycles. The Morgan fingerprint density at radius 3 is 2.00 bits per heavy atom. The SMILES string of the molecule is C/C(=C\O)C1=S(O[Cl+3]([O-])([O-])[O-])C(c2ccccc2)=CC(c2ccccc2)=C1. The molecule has 1 unspecified atom stereocenters. The van der Waals surface area contributed by atoms with Crippen molar-refractivity contribution in [2.75, 3.05) is 0 Å². The molecule has 140 valence electrons. The average Bonchev–Trinajstić information content (AvgIpc) is 2.67. The van der Waals surface area contributed by atoms with Gasteiger partial charge in [-0.15, -0.1) is 0 Å². The Balaban J connectivity index is 2.26. The summed E-state index contributed by atoms with van der Waals surface area (Å²) in [7, 11) is -6.16. The third-order valence-electron chi connectivity index (χ3n) is 3.86. The second-order valence-electron chi connectivity index (χ2n) is 5.73. The zero-order valence-electron chi connectivity index (χ0n) is 14.4. The average molecular weight is 405 g/mol. The Labute approximate surface area is 162 Å². The maximum Gasteiger partial charge on any atom is 0.148 e. The van der Waals surface area contributed by atoms with Crippen LogP contribution in [0.3, 0.4) is 0 Å². The molecule has 1 atom stereocenters. The fourth-order valence-corrected chi connectivity index (χ4v) is 5.17. The van der Waals surface area contributed by atoms with Crippen molar-refractivity contribution in [1.82, 2.24) is 0 Å². The topological polar surface area (TPSA) is 98.6 Å². The van der Waals surface area contributed by atoms with E-state index in [1.807, 2.05) is 66.7 Å². The van der Waals surface area contributed by atoms with Crippen LogP contribution in [-0.4, -0.2) is 9.97 Å². The fraction of sp³-hybridized carbons (Fsp3) is 0.0500. The molecule has 0 saturated heterocycles. The Hall–Kier alpha value is -2.19. The number of rotatable bonds is 5. The lowest BCUT2D eigenvalue weighted by molar-refractivity contribution is -1.91. The highest BCUT2D eigenvalue weighted by atomic mass is 35.7. The van der Waals surface area contributed by atoms with Crippen LogP contribution < -0.4 is 14.0 Å². The van der Waals surface area contributed by atoms with Gasteiger partial charge in [-0.3, -0.25) is 0 Å². The molecule has 27 heavy (non-hydrogen) atoms. The number of hydrogen-bond donors (Lipinski definition) is 1. The van der Waals surface area contributed by atoms with Gasteiger partial charge >= 0.3 is 0 Å². The maximum absolute atomic E-state index is 11.3. The summed E-state index contributed by atoms with van der Waals surface area (Å²) in [5, 5.41) is 9.50. The molecule has 1 heterocycles. The molecule has 0 fully saturated rings. The van der Waals surface area contributed by atoms with Crippen LogP contribution in [0.2, 0.25) is 0 Å². The van der Waals surface area contributed by atoms with E-state index in [2.05, 4.69) is 0 Å². The normalized spacial score (nSPS) is 18.1. The molecule has 1 aliphatic rings. The summed E-state index contributed by atoms with van der Waals surface area (Å²) in [5.41, 5.74) is 2.87. The predicted molar refractivity (Wildman–Crippen MR) is 98.9 cm³/mol. The maximum atomic E-state index is 11.3. The summed E-state index contributed by atoms with van der Waals surface area (Å²) < 4.78 is 38.9. The lowest BCUT2D eigenvalue weighted by atomic mass is 10.0. The van der Waals surface area contributed by atoms with Crippen molar-refractivity contribution in [3.05, 3.63) is 95.8 Å². The molecule has 1 aliphatic heterocycles. The van der Waals surface area contributed by atoms with E-state index in [1.165, 1.54) is 0 Å². The Morgan fingerprint density at radius 1 is 0.926 bits per heavy atom. The first-order valence-corrected chi connectivity index (χ1v) is 10.3. The molecule has 0 aliphatic carbocycles. The van der Waals surface area contributed by atoms with Gasteiger partial charge in [0.15, 0.2) is 0 Å². The highest BCUT2D eigenvalue weighted by Crippen LogP contribution is 2.44. The highest BCUT2D eigenvalue weighted by Gasteiger charge is 2.31. The van der Waals surface area contributed by atoms with Crippen LogP contribution in [0.1, 0.15) is 18.1 Å². The summed E-state index contributed by atoms with van der Waals surface area (Å²) in [5.74, 6) is 0. The standard InChI is InChI=1S/C20H17ClO5S/c1-15(14-22)19-12-18(16-8-4-2-5-9-16)13-20(17-10-6-3-7-11-17)27(19)26-21(23,24)25/h2-14,22H,1H3/b15-14+. The summed E-state index contributed by atoms with van der Waals surface area (Å²) >= 11 is 0. The molecule has 2 aromatic rings. The number of halogens is 1. The summed E-state index contributed by atoms with van der Waals surface area (Å²) in [6, 6.07) is 18.6. The molecule has 7 heteroatoms. The molecule has 0 spiro atoms. The Morgan fingerprint density at radius 2 is 1.48 bits per heavy atom. The van der Waals surface area contributed by atoms with E-state index >= 15 is 0 Å². The molecule has 1 N–H and O–H groups in total. The van der Waals surface area contributed by atoms with Gasteiger partial charge in [0.05, 0.1) is 21.4 Å². The van der Waals surface area contributed by atoms with Gasteiger partial charge in [0.25, 0.3) is 0 Å². The van der Waals surface area contributed by atoms with E-state index in [0.717, 1.165) is 23.0 Å². The number of aliphatic hydroxyl groups is 1. The third kappa shape index (κ3) is 4.75. The van der Waals surface area contributed by atoms with Crippen LogP contribution in [0.15, 0.2) is 84.7 Å². The smallest absolute Gasteiger partial charge is 0.148 e. The molecule has 2 aromatic carbocycles. The van der Waals surface area contributed by atoms with E-state index in [1.54, 1.807) is 13.0 Å². The number of allylic oxidation sites excluding steroid dienone is 4. The van der Waals surface area contributed by atoms with Crippen molar-refractivity contribution in [3.8, 4) is 0 Å². The first kappa shape index (κ1) is 19.6. The molecule has 0 radical (unpaired) electrons. The van der Waals surface area contributed by atoms with Crippen LogP contribution in [0, 0.1) is 10.2 Å². The largest absolute Gasteiger partial charge is 0.515 e. The molecule has 0 saturated carbocycles. The van der Waals surface area contributed by atoms with Crippen molar-refractivity contribution in [1.29, 1.82) is 0 Å². The molecular formula is C20H17ClO5S. The van der Waals surface area contributed by atoms with Crippen molar-refractivity contribution in [2.45, 2.75) is 6.92 Å². The molecule has 0 amide bonds. The second kappa shape index (κ2) is 8.22. The minimum Gasteiger partial charge on any atom is -0.515 e. The number of benzene rings is 2. The van der Waals surface area contributed by atoms with Crippen LogP contribution >= 0.6 is 10.8 Å². The lowest BCUT2D eigenvalue weighted by Gasteiger charge is -2.21. The van der Waals surface area contributed by atoms with E-state index in [0.29, 0.717) is 15.3 Å². The summed E-state index contributed by atoms with van der Waals surface area (Å²) in [6.07, 6.45) is 4.41. The van der Waals surface area contributed by atoms with Crippen molar-refractivity contribution >= 4 is 26.1 Å². The highest BCUT2D eigenvalue weighted by molar-refractivity contribution is 8.20. The van der Waals surface area contributed by atoms with E-state index in [4.69, 9.17) is 3.74 Å². The quantitative estimate of drug-likeness (QED) is 0.466. The summed E-state index contributed by atoms with van der Waals surface area (Å²) in [4.78, 5) is 0.963. The van der Waals surface area contributed by atoms with Gasteiger partial charge in [-0.2, -0.15) is 14.0 Å². The lowest BCUT2D eigenvalue weighted by Crippen LogP contribution is -2.60. The molecule has 5 nitrogen and oxygen atoms in total. The van der Waals surface area contributed by atoms with Gasteiger partial charge in [0.1, 0.15) is 14.5 Å². The Kier molecular flexibility index (Phi) is 5.96. The summed E-state index contributed by atoms with van der Waals surface area (Å²) in [6.45, 7) is 1.63. The van der Waals surface area contributed by atoms with E-state index in [9.17, 15) is 19.1 Å². The van der Waals surface area contributed by atoms with Gasteiger partial charge in [0, 0.05) is 4.86 Å². The van der Waals surface area contributed by atoms with Crippen molar-refractivity contribution < 1.29 is 33.1 Å². The van der Waals surface area contributed by atoms with Crippen LogP contribution in [-0.2, 0) is 3.74 Å². The molecular weight excluding hydrogens is 388 g/mol. The van der Waals surface area contributed by atoms with Gasteiger partial charge < -0.3 is 5.11 Å². The fourth-order valence-electron chi connectivity index (χ4n) is 2.61. The zero-order valence-corrected chi connectivity index (χ0v) is 15.9. The predicted octanol–water partition coefficient (Wildman–Crippen LogP) is 1.86. The van der Waals surface area contributed by atoms with Gasteiger partial charge in [-0.1, -0.05) is 60.7 Å². The molecule has 3 rings (SSSR count). The van der Waals surface area contributed by atoms with Crippen molar-refractivity contribution in [3.63, 3.8) is 0 Å². The van der Waals surface area contributed by atoms with Gasteiger partial charge in [-0.05, 0) is 41.3 Å². The first-order chi connectivity index (χ1) is 12.9. The van der Waals surface area contributed by atoms with Crippen molar-refractivity contribution in [2.24, 2.45) is 0 Å². The molecule has 0 bridgehead atoms.